The molecule has 0 aliphatic carbocycles. The molecule has 0 amide bonds. The van der Waals surface area contributed by atoms with Crippen molar-refractivity contribution >= 4 is 11.6 Å². The maximum absolute atomic E-state index is 8.70. The van der Waals surface area contributed by atoms with E-state index in [9.17, 15) is 0 Å². The Morgan fingerprint density at radius 2 is 2.33 bits per heavy atom. The van der Waals surface area contributed by atoms with Crippen LogP contribution in [0.15, 0.2) is 18.2 Å². The van der Waals surface area contributed by atoms with Crippen LogP contribution < -0.4 is 10.1 Å². The van der Waals surface area contributed by atoms with E-state index in [1.165, 1.54) is 0 Å². The van der Waals surface area contributed by atoms with Crippen molar-refractivity contribution in [3.63, 3.8) is 0 Å². The SMILES string of the molecule is CNC(C#N)COc1ccc(Cl)cc1C. The van der Waals surface area contributed by atoms with Crippen LogP contribution in [0.1, 0.15) is 5.56 Å². The van der Waals surface area contributed by atoms with E-state index < -0.39 is 0 Å². The summed E-state index contributed by atoms with van der Waals surface area (Å²) in [5.74, 6) is 0.759. The number of ether oxygens (including phenoxy) is 1. The molecule has 0 bridgehead atoms. The minimum atomic E-state index is -0.292. The van der Waals surface area contributed by atoms with Gasteiger partial charge in [-0.1, -0.05) is 11.6 Å². The first-order valence-electron chi connectivity index (χ1n) is 4.63. The molecule has 80 valence electrons. The van der Waals surface area contributed by atoms with Crippen molar-refractivity contribution in [2.45, 2.75) is 13.0 Å². The fourth-order valence-electron chi connectivity index (χ4n) is 1.13. The summed E-state index contributed by atoms with van der Waals surface area (Å²) in [4.78, 5) is 0. The van der Waals surface area contributed by atoms with Gasteiger partial charge in [-0.25, -0.2) is 0 Å². The van der Waals surface area contributed by atoms with Crippen molar-refractivity contribution in [3.05, 3.63) is 28.8 Å². The summed E-state index contributed by atoms with van der Waals surface area (Å²) in [6.07, 6.45) is 0. The predicted octanol–water partition coefficient (Wildman–Crippen LogP) is 2.14. The quantitative estimate of drug-likeness (QED) is 0.852. The van der Waals surface area contributed by atoms with Gasteiger partial charge in [0.2, 0.25) is 0 Å². The molecule has 1 unspecified atom stereocenters. The minimum absolute atomic E-state index is 0.292. The molecule has 1 aromatic rings. The van der Waals surface area contributed by atoms with Crippen LogP contribution in [-0.4, -0.2) is 19.7 Å². The number of benzene rings is 1. The lowest BCUT2D eigenvalue weighted by Crippen LogP contribution is -2.29. The smallest absolute Gasteiger partial charge is 0.129 e. The Morgan fingerprint density at radius 1 is 1.60 bits per heavy atom. The zero-order valence-electron chi connectivity index (χ0n) is 8.75. The highest BCUT2D eigenvalue weighted by molar-refractivity contribution is 6.30. The largest absolute Gasteiger partial charge is 0.491 e. The second-order valence-electron chi connectivity index (χ2n) is 3.19. The molecule has 1 aromatic carbocycles. The standard InChI is InChI=1S/C11H13ClN2O/c1-8-5-9(12)3-4-11(8)15-7-10(6-13)14-2/h3-5,10,14H,7H2,1-2H3. The van der Waals surface area contributed by atoms with E-state index >= 15 is 0 Å². The van der Waals surface area contributed by atoms with Crippen molar-refractivity contribution in [3.8, 4) is 11.8 Å². The van der Waals surface area contributed by atoms with Gasteiger partial charge >= 0.3 is 0 Å². The van der Waals surface area contributed by atoms with E-state index in [0.717, 1.165) is 11.3 Å². The van der Waals surface area contributed by atoms with Crippen molar-refractivity contribution in [1.29, 1.82) is 5.26 Å². The van der Waals surface area contributed by atoms with Gasteiger partial charge in [0.05, 0.1) is 6.07 Å². The second-order valence-corrected chi connectivity index (χ2v) is 3.63. The molecule has 0 spiro atoms. The van der Waals surface area contributed by atoms with Gasteiger partial charge in [0.15, 0.2) is 0 Å². The van der Waals surface area contributed by atoms with Crippen LogP contribution in [0.25, 0.3) is 0 Å². The highest BCUT2D eigenvalue weighted by atomic mass is 35.5. The minimum Gasteiger partial charge on any atom is -0.491 e. The molecule has 0 radical (unpaired) electrons. The number of likely N-dealkylation sites (N-methyl/N-ethyl adjacent to an activating group) is 1. The molecule has 1 N–H and O–H groups in total. The summed E-state index contributed by atoms with van der Waals surface area (Å²) in [5.41, 5.74) is 0.968. The number of nitrogens with zero attached hydrogens (tertiary/aromatic N) is 1. The average Bonchev–Trinajstić information content (AvgIpc) is 2.22. The molecule has 0 aromatic heterocycles. The molecule has 1 atom stereocenters. The van der Waals surface area contributed by atoms with Crippen LogP contribution in [0.2, 0.25) is 5.02 Å². The zero-order chi connectivity index (χ0) is 11.3. The van der Waals surface area contributed by atoms with E-state index in [1.807, 2.05) is 19.1 Å². The Balaban J connectivity index is 2.62. The first-order chi connectivity index (χ1) is 7.17. The Labute approximate surface area is 94.6 Å². The summed E-state index contributed by atoms with van der Waals surface area (Å²) >= 11 is 5.81. The molecule has 0 heterocycles. The second kappa shape index (κ2) is 5.59. The van der Waals surface area contributed by atoms with Crippen LogP contribution in [0, 0.1) is 18.3 Å². The van der Waals surface area contributed by atoms with Gasteiger partial charge < -0.3 is 10.1 Å². The molecule has 1 rings (SSSR count). The first-order valence-corrected chi connectivity index (χ1v) is 5.01. The third-order valence-corrected chi connectivity index (χ3v) is 2.28. The summed E-state index contributed by atoms with van der Waals surface area (Å²) in [6.45, 7) is 2.25. The lowest BCUT2D eigenvalue weighted by molar-refractivity contribution is 0.293. The highest BCUT2D eigenvalue weighted by Crippen LogP contribution is 2.21. The molecule has 0 fully saturated rings. The number of hydrogen-bond acceptors (Lipinski definition) is 3. The lowest BCUT2D eigenvalue weighted by Gasteiger charge is -2.12. The van der Waals surface area contributed by atoms with Crippen LogP contribution in [0.3, 0.4) is 0 Å². The van der Waals surface area contributed by atoms with Gasteiger partial charge in [0, 0.05) is 5.02 Å². The Kier molecular flexibility index (Phi) is 4.41. The van der Waals surface area contributed by atoms with Crippen LogP contribution >= 0.6 is 11.6 Å². The monoisotopic (exact) mass is 224 g/mol. The normalized spacial score (nSPS) is 11.9. The van der Waals surface area contributed by atoms with Crippen molar-refractivity contribution in [2.24, 2.45) is 0 Å². The fourth-order valence-corrected chi connectivity index (χ4v) is 1.36. The zero-order valence-corrected chi connectivity index (χ0v) is 9.51. The molecule has 0 saturated heterocycles. The maximum Gasteiger partial charge on any atom is 0.129 e. The number of halogens is 1. The predicted molar refractivity (Wildman–Crippen MR) is 60.1 cm³/mol. The van der Waals surface area contributed by atoms with Gasteiger partial charge in [-0.15, -0.1) is 0 Å². The van der Waals surface area contributed by atoms with E-state index in [1.54, 1.807) is 13.1 Å². The van der Waals surface area contributed by atoms with E-state index in [4.69, 9.17) is 21.6 Å². The lowest BCUT2D eigenvalue weighted by atomic mass is 10.2. The third-order valence-electron chi connectivity index (χ3n) is 2.05. The van der Waals surface area contributed by atoms with Crippen LogP contribution in [0.4, 0.5) is 0 Å². The van der Waals surface area contributed by atoms with Gasteiger partial charge in [-0.3, -0.25) is 0 Å². The molecular formula is C11H13ClN2O. The van der Waals surface area contributed by atoms with Gasteiger partial charge in [0.1, 0.15) is 18.4 Å². The van der Waals surface area contributed by atoms with Gasteiger partial charge in [0.25, 0.3) is 0 Å². The number of hydrogen-bond donors (Lipinski definition) is 1. The van der Waals surface area contributed by atoms with E-state index in [2.05, 4.69) is 11.4 Å². The third kappa shape index (κ3) is 3.43. The van der Waals surface area contributed by atoms with E-state index in [0.29, 0.717) is 11.6 Å². The van der Waals surface area contributed by atoms with Crippen LogP contribution in [0.5, 0.6) is 5.75 Å². The van der Waals surface area contributed by atoms with Crippen molar-refractivity contribution in [2.75, 3.05) is 13.7 Å². The summed E-state index contributed by atoms with van der Waals surface area (Å²) in [6, 6.07) is 7.21. The Bertz CT molecular complexity index is 373. The maximum atomic E-state index is 8.70. The molecule has 4 heteroatoms. The Morgan fingerprint density at radius 3 is 2.87 bits per heavy atom. The topological polar surface area (TPSA) is 45.0 Å². The highest BCUT2D eigenvalue weighted by Gasteiger charge is 2.06. The molecule has 3 nitrogen and oxygen atoms in total. The molecule has 0 aliphatic heterocycles. The molecule has 15 heavy (non-hydrogen) atoms. The van der Waals surface area contributed by atoms with Crippen molar-refractivity contribution < 1.29 is 4.74 Å². The van der Waals surface area contributed by atoms with Gasteiger partial charge in [-0.2, -0.15) is 5.26 Å². The summed E-state index contributed by atoms with van der Waals surface area (Å²) in [7, 11) is 1.73. The van der Waals surface area contributed by atoms with Gasteiger partial charge in [-0.05, 0) is 37.7 Å². The number of rotatable bonds is 4. The Hall–Kier alpha value is -1.24. The first kappa shape index (κ1) is 11.8. The fraction of sp³-hybridized carbons (Fsp3) is 0.364. The summed E-state index contributed by atoms with van der Waals surface area (Å²) < 4.78 is 5.49. The molecule has 0 aliphatic rings. The van der Waals surface area contributed by atoms with Crippen molar-refractivity contribution in [1.82, 2.24) is 5.32 Å². The number of nitriles is 1. The molecular weight excluding hydrogens is 212 g/mol. The molecule has 0 saturated carbocycles. The van der Waals surface area contributed by atoms with Crippen LogP contribution in [-0.2, 0) is 0 Å². The number of aryl methyl sites for hydroxylation is 1. The number of nitrogens with one attached hydrogen (secondary N) is 1. The average molecular weight is 225 g/mol. The van der Waals surface area contributed by atoms with E-state index in [-0.39, 0.29) is 6.04 Å². The summed E-state index contributed by atoms with van der Waals surface area (Å²) in [5, 5.41) is 12.2.